The Morgan fingerprint density at radius 3 is 2.95 bits per heavy atom. The molecule has 0 atom stereocenters. The zero-order chi connectivity index (χ0) is 13.8. The second kappa shape index (κ2) is 5.25. The average Bonchev–Trinajstić information content (AvgIpc) is 2.80. The molecule has 0 aliphatic rings. The van der Waals surface area contributed by atoms with Crippen LogP contribution >= 0.6 is 0 Å². The fourth-order valence-corrected chi connectivity index (χ4v) is 1.53. The molecule has 3 N–H and O–H groups in total. The summed E-state index contributed by atoms with van der Waals surface area (Å²) in [4.78, 5) is 21.8. The minimum atomic E-state index is -0.550. The SMILES string of the molecule is Cc1nc(N)nc(NCCc2ncon2)c1[N+](=O)[O-]. The van der Waals surface area contributed by atoms with Crippen molar-refractivity contribution in [3.8, 4) is 0 Å². The van der Waals surface area contributed by atoms with Gasteiger partial charge in [0.05, 0.1) is 4.92 Å². The lowest BCUT2D eigenvalue weighted by atomic mass is 10.3. The number of aryl methyl sites for hydroxylation is 1. The van der Waals surface area contributed by atoms with Gasteiger partial charge in [0.15, 0.2) is 5.82 Å². The van der Waals surface area contributed by atoms with Crippen LogP contribution in [0.4, 0.5) is 17.5 Å². The molecule has 2 aromatic rings. The first-order valence-electron chi connectivity index (χ1n) is 5.35. The Morgan fingerprint density at radius 1 is 1.53 bits per heavy atom. The third kappa shape index (κ3) is 2.91. The molecule has 10 nitrogen and oxygen atoms in total. The van der Waals surface area contributed by atoms with Crippen molar-refractivity contribution in [1.82, 2.24) is 20.1 Å². The maximum absolute atomic E-state index is 11.0. The Balaban J connectivity index is 2.12. The summed E-state index contributed by atoms with van der Waals surface area (Å²) in [6.07, 6.45) is 1.65. The zero-order valence-electron chi connectivity index (χ0n) is 10.0. The molecule has 0 unspecified atom stereocenters. The number of rotatable bonds is 5. The van der Waals surface area contributed by atoms with Gasteiger partial charge in [-0.2, -0.15) is 9.97 Å². The van der Waals surface area contributed by atoms with Crippen LogP contribution in [0.3, 0.4) is 0 Å². The van der Waals surface area contributed by atoms with Crippen molar-refractivity contribution in [3.05, 3.63) is 28.0 Å². The van der Waals surface area contributed by atoms with Gasteiger partial charge in [0.1, 0.15) is 5.69 Å². The van der Waals surface area contributed by atoms with Gasteiger partial charge >= 0.3 is 5.69 Å². The number of nitro groups is 1. The maximum Gasteiger partial charge on any atom is 0.332 e. The summed E-state index contributed by atoms with van der Waals surface area (Å²) in [6.45, 7) is 1.86. The Bertz CT molecular complexity index is 584. The third-order valence-electron chi connectivity index (χ3n) is 2.31. The molecule has 10 heteroatoms. The summed E-state index contributed by atoms with van der Waals surface area (Å²) in [7, 11) is 0. The van der Waals surface area contributed by atoms with Crippen molar-refractivity contribution in [2.45, 2.75) is 13.3 Å². The van der Waals surface area contributed by atoms with Crippen LogP contribution in [-0.2, 0) is 6.42 Å². The minimum Gasteiger partial charge on any atom is -0.368 e. The van der Waals surface area contributed by atoms with E-state index >= 15 is 0 Å². The van der Waals surface area contributed by atoms with E-state index in [0.717, 1.165) is 0 Å². The number of anilines is 2. The average molecular weight is 265 g/mol. The molecule has 0 fully saturated rings. The Hall–Kier alpha value is -2.78. The topological polar surface area (TPSA) is 146 Å². The van der Waals surface area contributed by atoms with Crippen molar-refractivity contribution in [2.75, 3.05) is 17.6 Å². The van der Waals surface area contributed by atoms with Crippen LogP contribution in [0.15, 0.2) is 10.9 Å². The highest BCUT2D eigenvalue weighted by Gasteiger charge is 2.21. The Morgan fingerprint density at radius 2 is 2.32 bits per heavy atom. The molecule has 0 amide bonds. The van der Waals surface area contributed by atoms with Crippen LogP contribution in [-0.4, -0.2) is 31.6 Å². The summed E-state index contributed by atoms with van der Waals surface area (Å²) in [6, 6.07) is 0. The number of hydrogen-bond acceptors (Lipinski definition) is 9. The molecule has 2 aromatic heterocycles. The molecule has 100 valence electrons. The summed E-state index contributed by atoms with van der Waals surface area (Å²) in [5.41, 5.74) is 5.49. The molecule has 0 saturated carbocycles. The van der Waals surface area contributed by atoms with Gasteiger partial charge in [-0.05, 0) is 6.92 Å². The predicted molar refractivity (Wildman–Crippen MR) is 64.3 cm³/mol. The summed E-state index contributed by atoms with van der Waals surface area (Å²) < 4.78 is 4.57. The van der Waals surface area contributed by atoms with Crippen molar-refractivity contribution >= 4 is 17.5 Å². The number of nitrogen functional groups attached to an aromatic ring is 1. The van der Waals surface area contributed by atoms with Gasteiger partial charge in [0, 0.05) is 13.0 Å². The lowest BCUT2D eigenvalue weighted by Crippen LogP contribution is -2.12. The van der Waals surface area contributed by atoms with E-state index in [-0.39, 0.29) is 23.1 Å². The summed E-state index contributed by atoms with van der Waals surface area (Å²) in [5, 5.41) is 17.4. The van der Waals surface area contributed by atoms with Crippen LogP contribution < -0.4 is 11.1 Å². The largest absolute Gasteiger partial charge is 0.368 e. The minimum absolute atomic E-state index is 0.0230. The fourth-order valence-electron chi connectivity index (χ4n) is 1.53. The van der Waals surface area contributed by atoms with E-state index in [1.807, 2.05) is 0 Å². The number of nitrogens with one attached hydrogen (secondary N) is 1. The molecule has 0 radical (unpaired) electrons. The van der Waals surface area contributed by atoms with Crippen molar-refractivity contribution in [2.24, 2.45) is 0 Å². The first-order chi connectivity index (χ1) is 9.08. The van der Waals surface area contributed by atoms with E-state index in [1.165, 1.54) is 13.3 Å². The van der Waals surface area contributed by atoms with E-state index in [2.05, 4.69) is 29.9 Å². The molecule has 0 saturated heterocycles. The first-order valence-corrected chi connectivity index (χ1v) is 5.35. The van der Waals surface area contributed by atoms with Gasteiger partial charge in [0.2, 0.25) is 18.2 Å². The molecule has 19 heavy (non-hydrogen) atoms. The van der Waals surface area contributed by atoms with Crippen LogP contribution in [0.5, 0.6) is 0 Å². The summed E-state index contributed by atoms with van der Waals surface area (Å²) >= 11 is 0. The van der Waals surface area contributed by atoms with E-state index in [4.69, 9.17) is 5.73 Å². The smallest absolute Gasteiger partial charge is 0.332 e. The molecule has 2 rings (SSSR count). The number of nitrogens with zero attached hydrogens (tertiary/aromatic N) is 5. The molecule has 0 bridgehead atoms. The van der Waals surface area contributed by atoms with Crippen molar-refractivity contribution in [3.63, 3.8) is 0 Å². The van der Waals surface area contributed by atoms with E-state index in [0.29, 0.717) is 18.8 Å². The lowest BCUT2D eigenvalue weighted by Gasteiger charge is -2.06. The predicted octanol–water partition coefficient (Wildman–Crippen LogP) is 0.313. The molecule has 0 aliphatic heterocycles. The fraction of sp³-hybridized carbons (Fsp3) is 0.333. The summed E-state index contributed by atoms with van der Waals surface area (Å²) in [5.74, 6) is 0.553. The van der Waals surface area contributed by atoms with Crippen molar-refractivity contribution < 1.29 is 9.45 Å². The molecule has 0 spiro atoms. The van der Waals surface area contributed by atoms with Gasteiger partial charge < -0.3 is 15.6 Å². The normalized spacial score (nSPS) is 10.4. The second-order valence-electron chi connectivity index (χ2n) is 3.65. The van der Waals surface area contributed by atoms with Crippen molar-refractivity contribution in [1.29, 1.82) is 0 Å². The monoisotopic (exact) mass is 265 g/mol. The second-order valence-corrected chi connectivity index (χ2v) is 3.65. The third-order valence-corrected chi connectivity index (χ3v) is 2.31. The van der Waals surface area contributed by atoms with Gasteiger partial charge in [0.25, 0.3) is 0 Å². The number of nitrogens with two attached hydrogens (primary N) is 1. The van der Waals surface area contributed by atoms with Gasteiger partial charge in [-0.3, -0.25) is 10.1 Å². The van der Waals surface area contributed by atoms with Gasteiger partial charge in [-0.1, -0.05) is 5.16 Å². The van der Waals surface area contributed by atoms with Gasteiger partial charge in [-0.25, -0.2) is 4.98 Å². The molecule has 2 heterocycles. The van der Waals surface area contributed by atoms with E-state index in [9.17, 15) is 10.1 Å². The molecular formula is C9H11N7O3. The molecule has 0 aliphatic carbocycles. The first kappa shape index (κ1) is 12.7. The van der Waals surface area contributed by atoms with Crippen LogP contribution in [0.1, 0.15) is 11.5 Å². The molecular weight excluding hydrogens is 254 g/mol. The van der Waals surface area contributed by atoms with E-state index in [1.54, 1.807) is 0 Å². The maximum atomic E-state index is 11.0. The number of hydrogen-bond donors (Lipinski definition) is 2. The van der Waals surface area contributed by atoms with Gasteiger partial charge in [-0.15, -0.1) is 0 Å². The molecule has 0 aromatic carbocycles. The van der Waals surface area contributed by atoms with E-state index < -0.39 is 4.92 Å². The highest BCUT2D eigenvalue weighted by atomic mass is 16.6. The highest BCUT2D eigenvalue weighted by Crippen LogP contribution is 2.25. The Kier molecular flexibility index (Phi) is 3.50. The highest BCUT2D eigenvalue weighted by molar-refractivity contribution is 5.60. The zero-order valence-corrected chi connectivity index (χ0v) is 10.0. The Labute approximate surface area is 107 Å². The van der Waals surface area contributed by atoms with Crippen LogP contribution in [0.25, 0.3) is 0 Å². The van der Waals surface area contributed by atoms with Crippen LogP contribution in [0, 0.1) is 17.0 Å². The number of aromatic nitrogens is 4. The quantitative estimate of drug-likeness (QED) is 0.575. The lowest BCUT2D eigenvalue weighted by molar-refractivity contribution is -0.385. The van der Waals surface area contributed by atoms with Crippen LogP contribution in [0.2, 0.25) is 0 Å². The standard InChI is InChI=1S/C9H11N7O3/c1-5-7(16(17)18)8(14-9(10)13-5)11-3-2-6-12-4-19-15-6/h4H,2-3H2,1H3,(H3,10,11,13,14).